The highest BCUT2D eigenvalue weighted by atomic mass is 16.4. The van der Waals surface area contributed by atoms with Gasteiger partial charge in [-0.2, -0.15) is 0 Å². The summed E-state index contributed by atoms with van der Waals surface area (Å²) in [5, 5.41) is 15.0. The average Bonchev–Trinajstić information content (AvgIpc) is 2.55. The maximum absolute atomic E-state index is 12.4. The quantitative estimate of drug-likeness (QED) is 0.665. The standard InChI is InChI=1S/C20H31N3O3/c1-5-14-7-9-15(10-8-14)20(3,4)22-19(26)21-16-11-17(12-16)23(6-2)13-18(24)25/h7-10,16-17H,5-6,11-13H2,1-4H3,(H,24,25)(H2,21,22,26). The maximum Gasteiger partial charge on any atom is 0.317 e. The monoisotopic (exact) mass is 361 g/mol. The molecular weight excluding hydrogens is 330 g/mol. The van der Waals surface area contributed by atoms with Gasteiger partial charge in [-0.05, 0) is 50.8 Å². The van der Waals surface area contributed by atoms with Gasteiger partial charge in [0, 0.05) is 12.1 Å². The zero-order chi connectivity index (χ0) is 19.3. The van der Waals surface area contributed by atoms with Crippen LogP contribution in [-0.4, -0.2) is 47.2 Å². The van der Waals surface area contributed by atoms with Crippen LogP contribution in [0.25, 0.3) is 0 Å². The number of aliphatic carboxylic acids is 1. The minimum atomic E-state index is -0.808. The number of hydrogen-bond acceptors (Lipinski definition) is 3. The van der Waals surface area contributed by atoms with Crippen molar-refractivity contribution in [2.75, 3.05) is 13.1 Å². The van der Waals surface area contributed by atoms with Gasteiger partial charge in [-0.15, -0.1) is 0 Å². The van der Waals surface area contributed by atoms with Crippen LogP contribution in [0.3, 0.4) is 0 Å². The van der Waals surface area contributed by atoms with Crippen molar-refractivity contribution in [2.24, 2.45) is 0 Å². The third kappa shape index (κ3) is 5.21. The van der Waals surface area contributed by atoms with Gasteiger partial charge in [0.2, 0.25) is 0 Å². The van der Waals surface area contributed by atoms with Crippen LogP contribution in [0.2, 0.25) is 0 Å². The number of carbonyl (C=O) groups excluding carboxylic acids is 1. The van der Waals surface area contributed by atoms with Crippen LogP contribution in [-0.2, 0) is 16.8 Å². The highest BCUT2D eigenvalue weighted by Gasteiger charge is 2.35. The van der Waals surface area contributed by atoms with E-state index in [-0.39, 0.29) is 24.7 Å². The molecule has 0 aliphatic heterocycles. The predicted molar refractivity (Wildman–Crippen MR) is 102 cm³/mol. The van der Waals surface area contributed by atoms with Crippen molar-refractivity contribution >= 4 is 12.0 Å². The fraction of sp³-hybridized carbons (Fsp3) is 0.600. The minimum Gasteiger partial charge on any atom is -0.480 e. The molecule has 0 atom stereocenters. The molecule has 2 amide bonds. The lowest BCUT2D eigenvalue weighted by molar-refractivity contribution is -0.139. The molecule has 2 rings (SSSR count). The SMILES string of the molecule is CCc1ccc(C(C)(C)NC(=O)NC2CC(N(CC)CC(=O)O)C2)cc1. The van der Waals surface area contributed by atoms with Crippen molar-refractivity contribution < 1.29 is 14.7 Å². The number of carboxylic acid groups (broad SMARTS) is 1. The van der Waals surface area contributed by atoms with E-state index in [0.717, 1.165) is 24.8 Å². The molecule has 0 bridgehead atoms. The molecule has 26 heavy (non-hydrogen) atoms. The Morgan fingerprint density at radius 1 is 1.19 bits per heavy atom. The molecule has 1 aliphatic rings. The zero-order valence-corrected chi connectivity index (χ0v) is 16.2. The van der Waals surface area contributed by atoms with E-state index in [4.69, 9.17) is 5.11 Å². The van der Waals surface area contributed by atoms with Crippen molar-refractivity contribution in [1.82, 2.24) is 15.5 Å². The minimum absolute atomic E-state index is 0.0564. The second-order valence-corrected chi connectivity index (χ2v) is 7.55. The van der Waals surface area contributed by atoms with Crippen molar-refractivity contribution in [3.8, 4) is 0 Å². The largest absolute Gasteiger partial charge is 0.480 e. The second-order valence-electron chi connectivity index (χ2n) is 7.55. The highest BCUT2D eigenvalue weighted by molar-refractivity contribution is 5.75. The Hall–Kier alpha value is -2.08. The van der Waals surface area contributed by atoms with Crippen molar-refractivity contribution in [3.63, 3.8) is 0 Å². The summed E-state index contributed by atoms with van der Waals surface area (Å²) in [6.45, 7) is 8.82. The van der Waals surface area contributed by atoms with Gasteiger partial charge >= 0.3 is 12.0 Å². The normalized spacial score (nSPS) is 19.7. The number of aryl methyl sites for hydroxylation is 1. The molecule has 0 spiro atoms. The van der Waals surface area contributed by atoms with Crippen LogP contribution in [0.15, 0.2) is 24.3 Å². The van der Waals surface area contributed by atoms with Gasteiger partial charge in [0.15, 0.2) is 0 Å². The zero-order valence-electron chi connectivity index (χ0n) is 16.2. The lowest BCUT2D eigenvalue weighted by Crippen LogP contribution is -2.57. The lowest BCUT2D eigenvalue weighted by Gasteiger charge is -2.42. The van der Waals surface area contributed by atoms with Crippen LogP contribution in [0, 0.1) is 0 Å². The summed E-state index contributed by atoms with van der Waals surface area (Å²) in [5.74, 6) is -0.808. The van der Waals surface area contributed by atoms with Gasteiger partial charge in [-0.1, -0.05) is 38.1 Å². The number of benzene rings is 1. The lowest BCUT2D eigenvalue weighted by atomic mass is 9.85. The van der Waals surface area contributed by atoms with Gasteiger partial charge in [0.1, 0.15) is 0 Å². The number of nitrogens with one attached hydrogen (secondary N) is 2. The molecule has 1 aromatic carbocycles. The highest BCUT2D eigenvalue weighted by Crippen LogP contribution is 2.26. The molecule has 1 aromatic rings. The molecule has 144 valence electrons. The Bertz CT molecular complexity index is 622. The summed E-state index contributed by atoms with van der Waals surface area (Å²) >= 11 is 0. The molecule has 3 N–H and O–H groups in total. The fourth-order valence-electron chi connectivity index (χ4n) is 3.41. The summed E-state index contributed by atoms with van der Waals surface area (Å²) in [7, 11) is 0. The molecule has 0 heterocycles. The first-order valence-corrected chi connectivity index (χ1v) is 9.39. The van der Waals surface area contributed by atoms with Crippen molar-refractivity contribution in [1.29, 1.82) is 0 Å². The maximum atomic E-state index is 12.4. The summed E-state index contributed by atoms with van der Waals surface area (Å²) in [4.78, 5) is 25.2. The number of likely N-dealkylation sites (N-methyl/N-ethyl adjacent to an activating group) is 1. The fourth-order valence-corrected chi connectivity index (χ4v) is 3.41. The number of urea groups is 1. The number of amides is 2. The molecule has 0 unspecified atom stereocenters. The van der Waals surface area contributed by atoms with E-state index in [1.807, 2.05) is 25.7 Å². The third-order valence-electron chi connectivity index (χ3n) is 5.22. The first-order chi connectivity index (χ1) is 12.2. The topological polar surface area (TPSA) is 81.7 Å². The molecular formula is C20H31N3O3. The first-order valence-electron chi connectivity index (χ1n) is 9.39. The van der Waals surface area contributed by atoms with Crippen LogP contribution >= 0.6 is 0 Å². The number of carbonyl (C=O) groups is 2. The second kappa shape index (κ2) is 8.54. The van der Waals surface area contributed by atoms with Gasteiger partial charge in [-0.3, -0.25) is 9.69 Å². The predicted octanol–water partition coefficient (Wildman–Crippen LogP) is 2.72. The van der Waals surface area contributed by atoms with Crippen molar-refractivity contribution in [3.05, 3.63) is 35.4 Å². The molecule has 6 heteroatoms. The Labute approximate surface area is 156 Å². The number of nitrogens with zero attached hydrogens (tertiary/aromatic N) is 1. The van der Waals surface area contributed by atoms with E-state index in [0.29, 0.717) is 6.54 Å². The molecule has 0 saturated heterocycles. The Morgan fingerprint density at radius 2 is 1.81 bits per heavy atom. The summed E-state index contributed by atoms with van der Waals surface area (Å²) in [6.07, 6.45) is 2.58. The smallest absolute Gasteiger partial charge is 0.317 e. The van der Waals surface area contributed by atoms with Crippen LogP contribution in [0.5, 0.6) is 0 Å². The molecule has 0 radical (unpaired) electrons. The van der Waals surface area contributed by atoms with Crippen LogP contribution in [0.4, 0.5) is 4.79 Å². The van der Waals surface area contributed by atoms with E-state index >= 15 is 0 Å². The Morgan fingerprint density at radius 3 is 2.31 bits per heavy atom. The molecule has 0 aromatic heterocycles. The molecule has 1 fully saturated rings. The third-order valence-corrected chi connectivity index (χ3v) is 5.22. The van der Waals surface area contributed by atoms with Gasteiger partial charge in [-0.25, -0.2) is 4.79 Å². The number of hydrogen-bond donors (Lipinski definition) is 3. The van der Waals surface area contributed by atoms with E-state index in [1.54, 1.807) is 0 Å². The van der Waals surface area contributed by atoms with E-state index in [9.17, 15) is 9.59 Å². The van der Waals surface area contributed by atoms with Crippen molar-refractivity contribution in [2.45, 2.75) is 64.6 Å². The summed E-state index contributed by atoms with van der Waals surface area (Å²) in [6, 6.07) is 8.45. The van der Waals surface area contributed by atoms with E-state index in [2.05, 4.69) is 41.8 Å². The summed E-state index contributed by atoms with van der Waals surface area (Å²) < 4.78 is 0. The Kier molecular flexibility index (Phi) is 6.64. The van der Waals surface area contributed by atoms with Crippen LogP contribution < -0.4 is 10.6 Å². The molecule has 1 saturated carbocycles. The molecule has 6 nitrogen and oxygen atoms in total. The number of carboxylic acids is 1. The first kappa shape index (κ1) is 20.2. The Balaban J connectivity index is 1.82. The van der Waals surface area contributed by atoms with Crippen LogP contribution in [0.1, 0.15) is 51.7 Å². The van der Waals surface area contributed by atoms with Gasteiger partial charge < -0.3 is 15.7 Å². The summed E-state index contributed by atoms with van der Waals surface area (Å²) in [5.41, 5.74) is 1.88. The van der Waals surface area contributed by atoms with E-state index in [1.165, 1.54) is 5.56 Å². The van der Waals surface area contributed by atoms with Gasteiger partial charge in [0.25, 0.3) is 0 Å². The molecule has 1 aliphatic carbocycles. The van der Waals surface area contributed by atoms with E-state index < -0.39 is 11.5 Å². The number of rotatable bonds is 8. The van der Waals surface area contributed by atoms with Gasteiger partial charge in [0.05, 0.1) is 12.1 Å². The average molecular weight is 361 g/mol.